The number of ether oxygens (including phenoxy) is 1. The molecule has 0 bridgehead atoms. The molecule has 7 nitrogen and oxygen atoms in total. The molecule has 1 aliphatic heterocycles. The third-order valence-corrected chi connectivity index (χ3v) is 6.90. The molecule has 140 valence electrons. The van der Waals surface area contributed by atoms with Crippen molar-refractivity contribution in [3.8, 4) is 0 Å². The largest absolute Gasteiger partial charge is 0.379 e. The maximum atomic E-state index is 12.6. The minimum Gasteiger partial charge on any atom is -0.379 e. The lowest BCUT2D eigenvalue weighted by Crippen LogP contribution is -2.40. The summed E-state index contributed by atoms with van der Waals surface area (Å²) in [6.45, 7) is 1.59. The zero-order valence-corrected chi connectivity index (χ0v) is 16.1. The molecule has 1 aromatic heterocycles. The Hall–Kier alpha value is -1.81. The molecule has 1 amide bonds. The van der Waals surface area contributed by atoms with Gasteiger partial charge in [-0.15, -0.1) is 11.3 Å². The van der Waals surface area contributed by atoms with Crippen LogP contribution < -0.4 is 4.80 Å². The summed E-state index contributed by atoms with van der Waals surface area (Å²) in [6, 6.07) is 6.71. The molecule has 0 atom stereocenters. The van der Waals surface area contributed by atoms with E-state index in [1.165, 1.54) is 15.6 Å². The molecule has 2 heterocycles. The molecule has 1 aromatic carbocycles. The van der Waals surface area contributed by atoms with E-state index in [0.29, 0.717) is 37.5 Å². The monoisotopic (exact) mass is 395 g/mol. The van der Waals surface area contributed by atoms with Crippen LogP contribution in [0.15, 0.2) is 45.7 Å². The fourth-order valence-corrected chi connectivity index (χ4v) is 4.77. The summed E-state index contributed by atoms with van der Waals surface area (Å²) in [7, 11) is -1.64. The molecule has 3 rings (SSSR count). The van der Waals surface area contributed by atoms with Crippen LogP contribution >= 0.6 is 11.3 Å². The van der Waals surface area contributed by atoms with Crippen molar-refractivity contribution in [2.24, 2.45) is 12.0 Å². The van der Waals surface area contributed by atoms with Crippen molar-refractivity contribution >= 4 is 27.3 Å². The predicted octanol–water partition coefficient (Wildman–Crippen LogP) is 1.17. The summed E-state index contributed by atoms with van der Waals surface area (Å²) in [5, 5.41) is 1.87. The van der Waals surface area contributed by atoms with E-state index >= 15 is 0 Å². The average molecular weight is 396 g/mol. The average Bonchev–Trinajstić information content (AvgIpc) is 3.06. The first-order valence-electron chi connectivity index (χ1n) is 8.31. The smallest absolute Gasteiger partial charge is 0.248 e. The quantitative estimate of drug-likeness (QED) is 0.761. The highest BCUT2D eigenvalue weighted by Crippen LogP contribution is 2.18. The maximum absolute atomic E-state index is 12.6. The number of rotatable bonds is 5. The lowest BCUT2D eigenvalue weighted by molar-refractivity contribution is -0.118. The minimum absolute atomic E-state index is 0.187. The minimum atomic E-state index is -3.48. The first kappa shape index (κ1) is 19.0. The van der Waals surface area contributed by atoms with E-state index in [4.69, 9.17) is 4.74 Å². The van der Waals surface area contributed by atoms with Gasteiger partial charge in [0.25, 0.3) is 0 Å². The summed E-state index contributed by atoms with van der Waals surface area (Å²) < 4.78 is 33.6. The maximum Gasteiger partial charge on any atom is 0.248 e. The Morgan fingerprint density at radius 2 is 1.92 bits per heavy atom. The molecule has 26 heavy (non-hydrogen) atoms. The van der Waals surface area contributed by atoms with Gasteiger partial charge in [0.05, 0.1) is 18.1 Å². The number of carbonyl (C=O) groups excluding carboxylic acids is 1. The van der Waals surface area contributed by atoms with E-state index in [0.717, 1.165) is 5.56 Å². The number of sulfonamides is 1. The van der Waals surface area contributed by atoms with Crippen LogP contribution in [0.2, 0.25) is 0 Å². The number of thiazole rings is 1. The van der Waals surface area contributed by atoms with E-state index in [2.05, 4.69) is 4.99 Å². The van der Waals surface area contributed by atoms with Crippen LogP contribution in [0.25, 0.3) is 0 Å². The van der Waals surface area contributed by atoms with Crippen molar-refractivity contribution in [1.29, 1.82) is 0 Å². The Morgan fingerprint density at radius 3 is 2.54 bits per heavy atom. The summed E-state index contributed by atoms with van der Waals surface area (Å²) in [6.07, 6.45) is 2.66. The first-order valence-corrected chi connectivity index (χ1v) is 10.6. The number of amides is 1. The highest BCUT2D eigenvalue weighted by atomic mass is 32.2. The zero-order chi connectivity index (χ0) is 18.6. The predicted molar refractivity (Wildman–Crippen MR) is 98.2 cm³/mol. The van der Waals surface area contributed by atoms with Gasteiger partial charge in [0.2, 0.25) is 15.9 Å². The van der Waals surface area contributed by atoms with Crippen molar-refractivity contribution in [2.75, 3.05) is 26.3 Å². The highest BCUT2D eigenvalue weighted by molar-refractivity contribution is 7.89. The highest BCUT2D eigenvalue weighted by Gasteiger charge is 2.26. The summed E-state index contributed by atoms with van der Waals surface area (Å²) in [5.41, 5.74) is 0.907. The van der Waals surface area contributed by atoms with Crippen molar-refractivity contribution in [1.82, 2.24) is 8.87 Å². The van der Waals surface area contributed by atoms with Crippen LogP contribution in [0.4, 0.5) is 0 Å². The Morgan fingerprint density at radius 1 is 1.23 bits per heavy atom. The molecule has 1 aliphatic rings. The SMILES string of the molecule is Cn1ccsc1=NC(=O)CCc1ccc(S(=O)(=O)N2CCOCC2)cc1. The van der Waals surface area contributed by atoms with Gasteiger partial charge in [-0.1, -0.05) is 12.1 Å². The van der Waals surface area contributed by atoms with Gasteiger partial charge in [-0.2, -0.15) is 9.30 Å². The molecule has 1 saturated heterocycles. The van der Waals surface area contributed by atoms with E-state index < -0.39 is 10.0 Å². The molecule has 2 aromatic rings. The Bertz CT molecular complexity index is 923. The second-order valence-corrected chi connectivity index (χ2v) is 8.77. The number of hydrogen-bond acceptors (Lipinski definition) is 5. The van der Waals surface area contributed by atoms with Crippen LogP contribution in [0.3, 0.4) is 0 Å². The molecule has 0 unspecified atom stereocenters. The van der Waals surface area contributed by atoms with Crippen molar-refractivity contribution in [2.45, 2.75) is 17.7 Å². The Balaban J connectivity index is 1.63. The van der Waals surface area contributed by atoms with Gasteiger partial charge in [-0.25, -0.2) is 8.42 Å². The van der Waals surface area contributed by atoms with E-state index in [1.54, 1.807) is 28.8 Å². The fourth-order valence-electron chi connectivity index (χ4n) is 2.61. The van der Waals surface area contributed by atoms with Crippen molar-refractivity contribution in [3.63, 3.8) is 0 Å². The summed E-state index contributed by atoms with van der Waals surface area (Å²) >= 11 is 1.41. The fraction of sp³-hybridized carbons (Fsp3) is 0.412. The second-order valence-electron chi connectivity index (χ2n) is 5.96. The van der Waals surface area contributed by atoms with Crippen LogP contribution in [0.5, 0.6) is 0 Å². The second kappa shape index (κ2) is 8.26. The van der Waals surface area contributed by atoms with E-state index in [1.807, 2.05) is 18.6 Å². The van der Waals surface area contributed by atoms with Crippen LogP contribution in [0, 0.1) is 0 Å². The molecule has 0 radical (unpaired) electrons. The number of nitrogens with zero attached hydrogens (tertiary/aromatic N) is 3. The number of aromatic nitrogens is 1. The van der Waals surface area contributed by atoms with Gasteiger partial charge in [0, 0.05) is 38.1 Å². The molecular formula is C17H21N3O4S2. The third kappa shape index (κ3) is 4.47. The van der Waals surface area contributed by atoms with Gasteiger partial charge in [0.1, 0.15) is 0 Å². The summed E-state index contributed by atoms with van der Waals surface area (Å²) in [4.78, 5) is 17.0. The topological polar surface area (TPSA) is 81.0 Å². The Labute approximate surface area is 156 Å². The van der Waals surface area contributed by atoms with Crippen LogP contribution in [-0.2, 0) is 33.0 Å². The lowest BCUT2D eigenvalue weighted by Gasteiger charge is -2.26. The zero-order valence-electron chi connectivity index (χ0n) is 14.5. The number of aryl methyl sites for hydroxylation is 2. The van der Waals surface area contributed by atoms with Gasteiger partial charge in [0.15, 0.2) is 4.80 Å². The normalized spacial score (nSPS) is 16.7. The molecule has 1 fully saturated rings. The van der Waals surface area contributed by atoms with Gasteiger partial charge in [-0.05, 0) is 24.1 Å². The van der Waals surface area contributed by atoms with E-state index in [-0.39, 0.29) is 17.2 Å². The van der Waals surface area contributed by atoms with Crippen molar-refractivity contribution in [3.05, 3.63) is 46.2 Å². The van der Waals surface area contributed by atoms with Gasteiger partial charge < -0.3 is 9.30 Å². The molecule has 0 N–H and O–H groups in total. The third-order valence-electron chi connectivity index (χ3n) is 4.14. The number of hydrogen-bond donors (Lipinski definition) is 0. The van der Waals surface area contributed by atoms with E-state index in [9.17, 15) is 13.2 Å². The lowest BCUT2D eigenvalue weighted by atomic mass is 10.1. The molecule has 0 saturated carbocycles. The molecule has 9 heteroatoms. The molecule has 0 spiro atoms. The van der Waals surface area contributed by atoms with Gasteiger partial charge in [-0.3, -0.25) is 4.79 Å². The standard InChI is InChI=1S/C17H21N3O4S2/c1-19-10-13-25-17(19)18-16(21)7-4-14-2-5-15(6-3-14)26(22,23)20-8-11-24-12-9-20/h2-3,5-6,10,13H,4,7-9,11-12H2,1H3. The van der Waals surface area contributed by atoms with Crippen LogP contribution in [0.1, 0.15) is 12.0 Å². The Kier molecular flexibility index (Phi) is 6.02. The van der Waals surface area contributed by atoms with Crippen LogP contribution in [-0.4, -0.2) is 49.5 Å². The number of benzene rings is 1. The molecule has 0 aliphatic carbocycles. The summed E-state index contributed by atoms with van der Waals surface area (Å²) in [5.74, 6) is -0.187. The van der Waals surface area contributed by atoms with Gasteiger partial charge >= 0.3 is 0 Å². The van der Waals surface area contributed by atoms with Crippen molar-refractivity contribution < 1.29 is 17.9 Å². The first-order chi connectivity index (χ1) is 12.5. The molecular weight excluding hydrogens is 374 g/mol. The number of morpholine rings is 1. The number of carbonyl (C=O) groups is 1.